The molecule has 1 aromatic rings. The summed E-state index contributed by atoms with van der Waals surface area (Å²) >= 11 is 3.10. The van der Waals surface area contributed by atoms with Gasteiger partial charge in [-0.25, -0.2) is 4.79 Å². The Morgan fingerprint density at radius 1 is 1.05 bits per heavy atom. The van der Waals surface area contributed by atoms with Crippen molar-refractivity contribution in [2.75, 3.05) is 5.75 Å². The zero-order valence-corrected chi connectivity index (χ0v) is 14.7. The molecule has 120 valence electrons. The lowest BCUT2D eigenvalue weighted by molar-refractivity contribution is 0.0702. The van der Waals surface area contributed by atoms with Gasteiger partial charge in [-0.1, -0.05) is 64.7 Å². The minimum atomic E-state index is -0.814. The molecule has 1 N–H and O–H groups in total. The van der Waals surface area contributed by atoms with Gasteiger partial charge in [0.25, 0.3) is 0 Å². The summed E-state index contributed by atoms with van der Waals surface area (Å²) in [5, 5.41) is 10.8. The molecule has 1 heterocycles. The van der Waals surface area contributed by atoms with Crippen molar-refractivity contribution < 1.29 is 9.90 Å². The quantitative estimate of drug-likeness (QED) is 0.333. The summed E-state index contributed by atoms with van der Waals surface area (Å²) in [5.41, 5.74) is 0. The fraction of sp³-hybridized carbons (Fsp3) is 0.706. The van der Waals surface area contributed by atoms with Gasteiger partial charge in [-0.15, -0.1) is 23.1 Å². The van der Waals surface area contributed by atoms with Crippen molar-refractivity contribution >= 4 is 29.1 Å². The number of thioether (sulfide) groups is 1. The molecule has 1 rings (SSSR count). The molecule has 0 atom stereocenters. The van der Waals surface area contributed by atoms with E-state index in [4.69, 9.17) is 5.11 Å². The molecular formula is C17H28O2S2. The Balaban J connectivity index is 1.89. The number of carbonyl (C=O) groups is 1. The van der Waals surface area contributed by atoms with Crippen LogP contribution in [-0.4, -0.2) is 16.8 Å². The first-order valence-electron chi connectivity index (χ1n) is 8.18. The lowest BCUT2D eigenvalue weighted by atomic mass is 10.1. The van der Waals surface area contributed by atoms with E-state index in [0.29, 0.717) is 4.88 Å². The predicted octanol–water partition coefficient (Wildman–Crippen LogP) is 6.46. The maximum atomic E-state index is 10.8. The fourth-order valence-corrected chi connectivity index (χ4v) is 4.17. The Bertz CT molecular complexity index is 388. The van der Waals surface area contributed by atoms with E-state index in [0.717, 1.165) is 10.6 Å². The average Bonchev–Trinajstić information content (AvgIpc) is 2.94. The smallest absolute Gasteiger partial charge is 0.345 e. The first-order valence-corrected chi connectivity index (χ1v) is 10.0. The van der Waals surface area contributed by atoms with Crippen LogP contribution in [-0.2, 0) is 0 Å². The molecule has 2 nitrogen and oxygen atoms in total. The molecular weight excluding hydrogens is 300 g/mol. The van der Waals surface area contributed by atoms with Crippen molar-refractivity contribution in [3.05, 3.63) is 16.3 Å². The minimum absolute atomic E-state index is 0.445. The number of carboxylic acids is 1. The summed E-state index contributed by atoms with van der Waals surface area (Å²) in [6, 6.07) is 1.79. The maximum absolute atomic E-state index is 10.8. The van der Waals surface area contributed by atoms with Crippen LogP contribution in [0.25, 0.3) is 0 Å². The molecule has 0 amide bonds. The number of aromatic carboxylic acids is 1. The molecule has 4 heteroatoms. The van der Waals surface area contributed by atoms with Gasteiger partial charge in [-0.3, -0.25) is 0 Å². The van der Waals surface area contributed by atoms with Crippen molar-refractivity contribution in [1.82, 2.24) is 0 Å². The summed E-state index contributed by atoms with van der Waals surface area (Å²) in [4.78, 5) is 12.3. The molecule has 0 unspecified atom stereocenters. The third-order valence-electron chi connectivity index (χ3n) is 3.55. The summed E-state index contributed by atoms with van der Waals surface area (Å²) in [6.45, 7) is 2.26. The molecule has 1 aromatic heterocycles. The summed E-state index contributed by atoms with van der Waals surface area (Å²) in [5.74, 6) is 0.289. The number of rotatable bonds is 13. The molecule has 0 bridgehead atoms. The Labute approximate surface area is 137 Å². The van der Waals surface area contributed by atoms with Crippen LogP contribution in [0.3, 0.4) is 0 Å². The van der Waals surface area contributed by atoms with Gasteiger partial charge in [0.1, 0.15) is 4.88 Å². The molecule has 0 aliphatic rings. The molecule has 0 spiro atoms. The monoisotopic (exact) mass is 328 g/mol. The Morgan fingerprint density at radius 2 is 1.62 bits per heavy atom. The highest BCUT2D eigenvalue weighted by Gasteiger charge is 2.06. The molecule has 0 aromatic carbocycles. The third kappa shape index (κ3) is 9.20. The van der Waals surface area contributed by atoms with Crippen molar-refractivity contribution in [2.24, 2.45) is 0 Å². The third-order valence-corrected chi connectivity index (χ3v) is 5.68. The first kappa shape index (κ1) is 18.6. The van der Waals surface area contributed by atoms with Crippen LogP contribution in [0.2, 0.25) is 0 Å². The zero-order chi connectivity index (χ0) is 15.3. The van der Waals surface area contributed by atoms with Crippen LogP contribution in [0.5, 0.6) is 0 Å². The SMILES string of the molecule is CCCCCCCCCCCCSc1csc(C(=O)O)c1. The van der Waals surface area contributed by atoms with Gasteiger partial charge in [0.2, 0.25) is 0 Å². The van der Waals surface area contributed by atoms with Gasteiger partial charge in [0.05, 0.1) is 0 Å². The van der Waals surface area contributed by atoms with Crippen LogP contribution in [0, 0.1) is 0 Å². The highest BCUT2D eigenvalue weighted by Crippen LogP contribution is 2.26. The Morgan fingerprint density at radius 3 is 2.14 bits per heavy atom. The van der Waals surface area contributed by atoms with Crippen LogP contribution >= 0.6 is 23.1 Å². The van der Waals surface area contributed by atoms with Crippen LogP contribution in [0.15, 0.2) is 16.3 Å². The van der Waals surface area contributed by atoms with Crippen molar-refractivity contribution in [3.63, 3.8) is 0 Å². The topological polar surface area (TPSA) is 37.3 Å². The number of unbranched alkanes of at least 4 members (excludes halogenated alkanes) is 9. The highest BCUT2D eigenvalue weighted by molar-refractivity contribution is 7.99. The molecule has 0 aliphatic heterocycles. The predicted molar refractivity (Wildman–Crippen MR) is 93.8 cm³/mol. The van der Waals surface area contributed by atoms with Crippen molar-refractivity contribution in [3.8, 4) is 0 Å². The van der Waals surface area contributed by atoms with E-state index in [-0.39, 0.29) is 0 Å². The standard InChI is InChI=1S/C17H28O2S2/c1-2-3-4-5-6-7-8-9-10-11-12-20-15-13-16(17(18)19)21-14-15/h13-14H,2-12H2,1H3,(H,18,19). The van der Waals surface area contributed by atoms with Crippen molar-refractivity contribution in [1.29, 1.82) is 0 Å². The second-order valence-electron chi connectivity index (χ2n) is 5.48. The van der Waals surface area contributed by atoms with Gasteiger partial charge in [0.15, 0.2) is 0 Å². The number of hydrogen-bond donors (Lipinski definition) is 1. The fourth-order valence-electron chi connectivity index (χ4n) is 2.29. The summed E-state index contributed by atoms with van der Waals surface area (Å²) in [7, 11) is 0. The van der Waals surface area contributed by atoms with E-state index in [2.05, 4.69) is 6.92 Å². The Kier molecular flexibility index (Phi) is 10.7. The lowest BCUT2D eigenvalue weighted by Crippen LogP contribution is -1.89. The zero-order valence-electron chi connectivity index (χ0n) is 13.1. The molecule has 21 heavy (non-hydrogen) atoms. The van der Waals surface area contributed by atoms with E-state index in [1.54, 1.807) is 17.8 Å². The normalized spacial score (nSPS) is 10.9. The number of thiophene rings is 1. The summed E-state index contributed by atoms with van der Waals surface area (Å²) in [6.07, 6.45) is 13.6. The van der Waals surface area contributed by atoms with Gasteiger partial charge < -0.3 is 5.11 Å². The highest BCUT2D eigenvalue weighted by atomic mass is 32.2. The largest absolute Gasteiger partial charge is 0.477 e. The lowest BCUT2D eigenvalue weighted by Gasteiger charge is -2.02. The first-order chi connectivity index (χ1) is 10.2. The van der Waals surface area contributed by atoms with E-state index < -0.39 is 5.97 Å². The van der Waals surface area contributed by atoms with Gasteiger partial charge in [-0.2, -0.15) is 0 Å². The minimum Gasteiger partial charge on any atom is -0.477 e. The van der Waals surface area contributed by atoms with E-state index in [9.17, 15) is 4.79 Å². The molecule has 0 radical (unpaired) electrons. The molecule has 0 aliphatic carbocycles. The molecule has 0 saturated carbocycles. The maximum Gasteiger partial charge on any atom is 0.345 e. The van der Waals surface area contributed by atoms with Crippen LogP contribution in [0.1, 0.15) is 80.8 Å². The van der Waals surface area contributed by atoms with Crippen LogP contribution < -0.4 is 0 Å². The second-order valence-corrected chi connectivity index (χ2v) is 7.56. The summed E-state index contributed by atoms with van der Waals surface area (Å²) < 4.78 is 0. The second kappa shape index (κ2) is 12.1. The number of hydrogen-bond acceptors (Lipinski definition) is 3. The molecule has 0 fully saturated rings. The van der Waals surface area contributed by atoms with E-state index in [1.807, 2.05) is 5.38 Å². The van der Waals surface area contributed by atoms with Gasteiger partial charge in [0, 0.05) is 10.3 Å². The molecule has 0 saturated heterocycles. The average molecular weight is 329 g/mol. The van der Waals surface area contributed by atoms with E-state index in [1.165, 1.54) is 75.5 Å². The van der Waals surface area contributed by atoms with Gasteiger partial charge in [-0.05, 0) is 18.2 Å². The van der Waals surface area contributed by atoms with E-state index >= 15 is 0 Å². The Hall–Kier alpha value is -0.480. The van der Waals surface area contributed by atoms with Gasteiger partial charge >= 0.3 is 5.97 Å². The number of carboxylic acid groups (broad SMARTS) is 1. The van der Waals surface area contributed by atoms with Crippen LogP contribution in [0.4, 0.5) is 0 Å². The van der Waals surface area contributed by atoms with Crippen molar-refractivity contribution in [2.45, 2.75) is 76.0 Å².